The van der Waals surface area contributed by atoms with Crippen molar-refractivity contribution in [2.45, 2.75) is 32.4 Å². The number of carboxylic acids is 1. The SMILES string of the molecule is Cc1ccc(CN2CCC[C@H]2C(=O)O)cc1. The van der Waals surface area contributed by atoms with Gasteiger partial charge >= 0.3 is 5.97 Å². The molecule has 0 saturated carbocycles. The van der Waals surface area contributed by atoms with Gasteiger partial charge in [-0.25, -0.2) is 0 Å². The molecule has 0 amide bonds. The van der Waals surface area contributed by atoms with E-state index in [4.69, 9.17) is 5.11 Å². The summed E-state index contributed by atoms with van der Waals surface area (Å²) >= 11 is 0. The molecule has 0 unspecified atom stereocenters. The zero-order chi connectivity index (χ0) is 11.5. The minimum Gasteiger partial charge on any atom is -0.480 e. The van der Waals surface area contributed by atoms with Crippen molar-refractivity contribution in [3.05, 3.63) is 35.4 Å². The molecule has 0 aliphatic carbocycles. The summed E-state index contributed by atoms with van der Waals surface area (Å²) < 4.78 is 0. The Morgan fingerprint density at radius 1 is 1.44 bits per heavy atom. The van der Waals surface area contributed by atoms with Gasteiger partial charge in [-0.2, -0.15) is 0 Å². The minimum atomic E-state index is -0.690. The minimum absolute atomic E-state index is 0.290. The third-order valence-corrected chi connectivity index (χ3v) is 3.15. The van der Waals surface area contributed by atoms with E-state index in [-0.39, 0.29) is 6.04 Å². The molecule has 0 spiro atoms. The quantitative estimate of drug-likeness (QED) is 0.845. The van der Waals surface area contributed by atoms with Crippen LogP contribution in [0, 0.1) is 6.92 Å². The van der Waals surface area contributed by atoms with Crippen LogP contribution in [-0.4, -0.2) is 28.6 Å². The van der Waals surface area contributed by atoms with Crippen molar-refractivity contribution in [1.29, 1.82) is 0 Å². The molecule has 3 nitrogen and oxygen atoms in total. The first-order valence-electron chi connectivity index (χ1n) is 5.69. The van der Waals surface area contributed by atoms with Gasteiger partial charge < -0.3 is 5.11 Å². The maximum atomic E-state index is 11.0. The van der Waals surface area contributed by atoms with Crippen LogP contribution in [0.4, 0.5) is 0 Å². The number of carbonyl (C=O) groups is 1. The Bertz CT molecular complexity index is 372. The number of nitrogens with zero attached hydrogens (tertiary/aromatic N) is 1. The average Bonchev–Trinajstić information content (AvgIpc) is 2.69. The van der Waals surface area contributed by atoms with Gasteiger partial charge in [-0.05, 0) is 31.9 Å². The molecule has 1 heterocycles. The molecule has 0 bridgehead atoms. The van der Waals surface area contributed by atoms with Gasteiger partial charge in [0.05, 0.1) is 0 Å². The third kappa shape index (κ3) is 2.42. The van der Waals surface area contributed by atoms with Crippen molar-refractivity contribution in [2.24, 2.45) is 0 Å². The van der Waals surface area contributed by atoms with E-state index in [1.54, 1.807) is 0 Å². The van der Waals surface area contributed by atoms with Crippen molar-refractivity contribution < 1.29 is 9.90 Å². The van der Waals surface area contributed by atoms with E-state index in [0.717, 1.165) is 25.9 Å². The molecule has 0 aromatic heterocycles. The van der Waals surface area contributed by atoms with Crippen LogP contribution in [0.2, 0.25) is 0 Å². The molecule has 86 valence electrons. The van der Waals surface area contributed by atoms with E-state index in [1.807, 2.05) is 4.90 Å². The van der Waals surface area contributed by atoms with E-state index in [9.17, 15) is 4.79 Å². The fraction of sp³-hybridized carbons (Fsp3) is 0.462. The van der Waals surface area contributed by atoms with Gasteiger partial charge in [-0.1, -0.05) is 29.8 Å². The Balaban J connectivity index is 2.03. The Kier molecular flexibility index (Phi) is 3.25. The van der Waals surface area contributed by atoms with Crippen molar-refractivity contribution in [1.82, 2.24) is 4.90 Å². The maximum absolute atomic E-state index is 11.0. The van der Waals surface area contributed by atoms with Crippen molar-refractivity contribution in [3.63, 3.8) is 0 Å². The van der Waals surface area contributed by atoms with Gasteiger partial charge in [0.25, 0.3) is 0 Å². The molecular formula is C13H17NO2. The van der Waals surface area contributed by atoms with Gasteiger partial charge in [-0.3, -0.25) is 9.69 Å². The predicted octanol–water partition coefficient (Wildman–Crippen LogP) is 2.04. The van der Waals surface area contributed by atoms with E-state index in [0.29, 0.717) is 0 Å². The molecule has 1 aliphatic heterocycles. The lowest BCUT2D eigenvalue weighted by atomic mass is 10.1. The fourth-order valence-electron chi connectivity index (χ4n) is 2.22. The standard InChI is InChI=1S/C13H17NO2/c1-10-4-6-11(7-5-10)9-14-8-2-3-12(14)13(15)16/h4-7,12H,2-3,8-9H2,1H3,(H,15,16)/t12-/m0/s1. The smallest absolute Gasteiger partial charge is 0.320 e. The molecule has 1 saturated heterocycles. The maximum Gasteiger partial charge on any atom is 0.320 e. The van der Waals surface area contributed by atoms with Crippen LogP contribution in [0.1, 0.15) is 24.0 Å². The summed E-state index contributed by atoms with van der Waals surface area (Å²) in [4.78, 5) is 13.1. The Labute approximate surface area is 95.7 Å². The van der Waals surface area contributed by atoms with Crippen LogP contribution in [-0.2, 0) is 11.3 Å². The normalized spacial score (nSPS) is 21.2. The van der Waals surface area contributed by atoms with E-state index < -0.39 is 5.97 Å². The molecule has 16 heavy (non-hydrogen) atoms. The number of aryl methyl sites for hydroxylation is 1. The van der Waals surface area contributed by atoms with Crippen LogP contribution in [0.15, 0.2) is 24.3 Å². The summed E-state index contributed by atoms with van der Waals surface area (Å²) in [5.74, 6) is -0.690. The average molecular weight is 219 g/mol. The molecule has 0 radical (unpaired) electrons. The largest absolute Gasteiger partial charge is 0.480 e. The van der Waals surface area contributed by atoms with Crippen molar-refractivity contribution >= 4 is 5.97 Å². The van der Waals surface area contributed by atoms with Gasteiger partial charge in [0.15, 0.2) is 0 Å². The highest BCUT2D eigenvalue weighted by Crippen LogP contribution is 2.20. The van der Waals surface area contributed by atoms with Crippen LogP contribution in [0.25, 0.3) is 0 Å². The van der Waals surface area contributed by atoms with Crippen molar-refractivity contribution in [3.8, 4) is 0 Å². The highest BCUT2D eigenvalue weighted by molar-refractivity contribution is 5.73. The molecule has 1 aliphatic rings. The van der Waals surface area contributed by atoms with Crippen LogP contribution < -0.4 is 0 Å². The highest BCUT2D eigenvalue weighted by atomic mass is 16.4. The second-order valence-corrected chi connectivity index (χ2v) is 4.45. The van der Waals surface area contributed by atoms with Gasteiger partial charge in [0.2, 0.25) is 0 Å². The molecule has 1 aromatic rings. The first kappa shape index (κ1) is 11.1. The summed E-state index contributed by atoms with van der Waals surface area (Å²) in [5.41, 5.74) is 2.43. The lowest BCUT2D eigenvalue weighted by Crippen LogP contribution is -2.35. The molecule has 1 aromatic carbocycles. The fourth-order valence-corrected chi connectivity index (χ4v) is 2.22. The number of benzene rings is 1. The zero-order valence-electron chi connectivity index (χ0n) is 9.52. The first-order valence-corrected chi connectivity index (χ1v) is 5.69. The number of likely N-dealkylation sites (tertiary alicyclic amines) is 1. The van der Waals surface area contributed by atoms with Gasteiger partial charge in [-0.15, -0.1) is 0 Å². The topological polar surface area (TPSA) is 40.5 Å². The molecule has 1 fully saturated rings. The number of carboxylic acid groups (broad SMARTS) is 1. The predicted molar refractivity (Wildman–Crippen MR) is 62.2 cm³/mol. The third-order valence-electron chi connectivity index (χ3n) is 3.15. The van der Waals surface area contributed by atoms with E-state index in [2.05, 4.69) is 31.2 Å². The lowest BCUT2D eigenvalue weighted by Gasteiger charge is -2.20. The molecule has 1 N–H and O–H groups in total. The Hall–Kier alpha value is -1.35. The summed E-state index contributed by atoms with van der Waals surface area (Å²) in [5, 5.41) is 9.06. The summed E-state index contributed by atoms with van der Waals surface area (Å²) in [6.45, 7) is 3.70. The number of rotatable bonds is 3. The Morgan fingerprint density at radius 3 is 2.75 bits per heavy atom. The summed E-state index contributed by atoms with van der Waals surface area (Å²) in [7, 11) is 0. The lowest BCUT2D eigenvalue weighted by molar-refractivity contribution is -0.142. The molecule has 2 rings (SSSR count). The van der Waals surface area contributed by atoms with Crippen molar-refractivity contribution in [2.75, 3.05) is 6.54 Å². The summed E-state index contributed by atoms with van der Waals surface area (Å²) in [6, 6.07) is 8.00. The van der Waals surface area contributed by atoms with Gasteiger partial charge in [0, 0.05) is 6.54 Å². The molecular weight excluding hydrogens is 202 g/mol. The zero-order valence-corrected chi connectivity index (χ0v) is 9.52. The number of hydrogen-bond acceptors (Lipinski definition) is 2. The second kappa shape index (κ2) is 4.66. The van der Waals surface area contributed by atoms with Crippen LogP contribution >= 0.6 is 0 Å². The monoisotopic (exact) mass is 219 g/mol. The van der Waals surface area contributed by atoms with E-state index in [1.165, 1.54) is 11.1 Å². The first-order chi connectivity index (χ1) is 7.66. The molecule has 3 heteroatoms. The number of hydrogen-bond donors (Lipinski definition) is 1. The highest BCUT2D eigenvalue weighted by Gasteiger charge is 2.29. The number of aliphatic carboxylic acids is 1. The van der Waals surface area contributed by atoms with Crippen LogP contribution in [0.5, 0.6) is 0 Å². The van der Waals surface area contributed by atoms with Crippen LogP contribution in [0.3, 0.4) is 0 Å². The molecule has 1 atom stereocenters. The second-order valence-electron chi connectivity index (χ2n) is 4.45. The van der Waals surface area contributed by atoms with E-state index >= 15 is 0 Å². The van der Waals surface area contributed by atoms with Gasteiger partial charge in [0.1, 0.15) is 6.04 Å². The summed E-state index contributed by atoms with van der Waals surface area (Å²) in [6.07, 6.45) is 1.77. The Morgan fingerprint density at radius 2 is 2.12 bits per heavy atom.